The van der Waals surface area contributed by atoms with Gasteiger partial charge in [-0.2, -0.15) is 0 Å². The summed E-state index contributed by atoms with van der Waals surface area (Å²) in [7, 11) is 0. The summed E-state index contributed by atoms with van der Waals surface area (Å²) < 4.78 is 6.06. The maximum atomic E-state index is 6.06. The van der Waals surface area contributed by atoms with Crippen molar-refractivity contribution in [3.05, 3.63) is 36.1 Å². The van der Waals surface area contributed by atoms with E-state index in [1.165, 1.54) is 18.5 Å². The highest BCUT2D eigenvalue weighted by Gasteiger charge is 2.28. The summed E-state index contributed by atoms with van der Waals surface area (Å²) in [5.74, 6) is 2.65. The van der Waals surface area contributed by atoms with Gasteiger partial charge in [0, 0.05) is 25.0 Å². The molecule has 1 N–H and O–H groups in total. The van der Waals surface area contributed by atoms with Crippen molar-refractivity contribution in [2.24, 2.45) is 11.8 Å². The zero-order valence-electron chi connectivity index (χ0n) is 13.3. The number of hydrogen-bond acceptors (Lipinski definition) is 3. The van der Waals surface area contributed by atoms with Crippen molar-refractivity contribution in [3.63, 3.8) is 0 Å². The molecule has 0 aliphatic carbocycles. The molecule has 0 bridgehead atoms. The summed E-state index contributed by atoms with van der Waals surface area (Å²) in [5, 5.41) is 4.77. The summed E-state index contributed by atoms with van der Waals surface area (Å²) >= 11 is 0. The van der Waals surface area contributed by atoms with E-state index in [4.69, 9.17) is 4.42 Å². The van der Waals surface area contributed by atoms with Gasteiger partial charge in [0.15, 0.2) is 0 Å². The van der Waals surface area contributed by atoms with Gasteiger partial charge in [0.05, 0.1) is 6.04 Å². The van der Waals surface area contributed by atoms with Crippen molar-refractivity contribution in [2.45, 2.75) is 26.8 Å². The Morgan fingerprint density at radius 3 is 2.62 bits per heavy atom. The molecular formula is C18H26N2O. The highest BCUT2D eigenvalue weighted by Crippen LogP contribution is 2.27. The van der Waals surface area contributed by atoms with Crippen LogP contribution in [-0.4, -0.2) is 31.1 Å². The first kappa shape index (κ1) is 14.6. The molecule has 1 aliphatic rings. The van der Waals surface area contributed by atoms with E-state index in [0.29, 0.717) is 0 Å². The van der Waals surface area contributed by atoms with E-state index >= 15 is 0 Å². The third kappa shape index (κ3) is 3.14. The molecule has 3 heteroatoms. The Hall–Kier alpha value is -1.32. The van der Waals surface area contributed by atoms with E-state index in [2.05, 4.69) is 49.2 Å². The van der Waals surface area contributed by atoms with Gasteiger partial charge < -0.3 is 14.6 Å². The number of hydrogen-bond donors (Lipinski definition) is 1. The Bertz CT molecular complexity index is 549. The molecular weight excluding hydrogens is 260 g/mol. The predicted molar refractivity (Wildman–Crippen MR) is 87.4 cm³/mol. The van der Waals surface area contributed by atoms with Crippen LogP contribution < -0.4 is 5.32 Å². The minimum absolute atomic E-state index is 0.278. The van der Waals surface area contributed by atoms with E-state index < -0.39 is 0 Å². The van der Waals surface area contributed by atoms with E-state index in [1.54, 1.807) is 0 Å². The lowest BCUT2D eigenvalue weighted by Crippen LogP contribution is -2.34. The van der Waals surface area contributed by atoms with Crippen LogP contribution in [0.1, 0.15) is 32.6 Å². The van der Waals surface area contributed by atoms with Crippen LogP contribution in [0, 0.1) is 11.8 Å². The van der Waals surface area contributed by atoms with Crippen molar-refractivity contribution >= 4 is 11.0 Å². The van der Waals surface area contributed by atoms with Gasteiger partial charge in [-0.3, -0.25) is 0 Å². The summed E-state index contributed by atoms with van der Waals surface area (Å²) in [6, 6.07) is 10.7. The Labute approximate surface area is 127 Å². The standard InChI is InChI=1S/C18H26N2O/c1-4-19-16(12-20-10-13(2)14(3)11-20)18-9-15-7-5-6-8-17(15)21-18/h5-9,13-14,16,19H,4,10-12H2,1-3H3. The van der Waals surface area contributed by atoms with E-state index in [-0.39, 0.29) is 6.04 Å². The number of benzene rings is 1. The Kier molecular flexibility index (Phi) is 4.32. The number of nitrogens with one attached hydrogen (secondary N) is 1. The molecule has 3 atom stereocenters. The molecule has 3 nitrogen and oxygen atoms in total. The van der Waals surface area contributed by atoms with E-state index in [0.717, 1.165) is 36.3 Å². The maximum Gasteiger partial charge on any atom is 0.134 e. The third-order valence-corrected chi connectivity index (χ3v) is 4.74. The van der Waals surface area contributed by atoms with Gasteiger partial charge in [0.25, 0.3) is 0 Å². The number of rotatable bonds is 5. The monoisotopic (exact) mass is 286 g/mol. The van der Waals surface area contributed by atoms with Crippen LogP contribution in [0.4, 0.5) is 0 Å². The van der Waals surface area contributed by atoms with Gasteiger partial charge in [-0.1, -0.05) is 39.0 Å². The van der Waals surface area contributed by atoms with E-state index in [9.17, 15) is 0 Å². The van der Waals surface area contributed by atoms with Crippen molar-refractivity contribution in [1.29, 1.82) is 0 Å². The summed E-state index contributed by atoms with van der Waals surface area (Å²) in [6.45, 7) is 11.3. The van der Waals surface area contributed by atoms with Crippen molar-refractivity contribution in [1.82, 2.24) is 10.2 Å². The molecule has 0 saturated carbocycles. The topological polar surface area (TPSA) is 28.4 Å². The number of fused-ring (bicyclic) bond motifs is 1. The minimum atomic E-state index is 0.278. The lowest BCUT2D eigenvalue weighted by Gasteiger charge is -2.23. The summed E-state index contributed by atoms with van der Waals surface area (Å²) in [4.78, 5) is 2.57. The molecule has 1 aromatic heterocycles. The average molecular weight is 286 g/mol. The van der Waals surface area contributed by atoms with E-state index in [1.807, 2.05) is 12.1 Å². The second-order valence-electron chi connectivity index (χ2n) is 6.47. The highest BCUT2D eigenvalue weighted by molar-refractivity contribution is 5.77. The van der Waals surface area contributed by atoms with Crippen molar-refractivity contribution in [3.8, 4) is 0 Å². The largest absolute Gasteiger partial charge is 0.459 e. The molecule has 3 rings (SSSR count). The number of nitrogens with zero attached hydrogens (tertiary/aromatic N) is 1. The normalized spacial score (nSPS) is 24.7. The number of likely N-dealkylation sites (tertiary alicyclic amines) is 1. The maximum absolute atomic E-state index is 6.06. The van der Waals surface area contributed by atoms with Crippen LogP contribution in [-0.2, 0) is 0 Å². The molecule has 0 amide bonds. The zero-order valence-corrected chi connectivity index (χ0v) is 13.3. The minimum Gasteiger partial charge on any atom is -0.459 e. The van der Waals surface area contributed by atoms with Gasteiger partial charge in [0.1, 0.15) is 11.3 Å². The first-order valence-electron chi connectivity index (χ1n) is 8.11. The summed E-state index contributed by atoms with van der Waals surface area (Å²) in [5.41, 5.74) is 0.985. The number of likely N-dealkylation sites (N-methyl/N-ethyl adjacent to an activating group) is 1. The molecule has 21 heavy (non-hydrogen) atoms. The Morgan fingerprint density at radius 2 is 1.95 bits per heavy atom. The molecule has 0 spiro atoms. The fraction of sp³-hybridized carbons (Fsp3) is 0.556. The van der Waals surface area contributed by atoms with Crippen LogP contribution in [0.2, 0.25) is 0 Å². The van der Waals surface area contributed by atoms with Crippen molar-refractivity contribution in [2.75, 3.05) is 26.2 Å². The predicted octanol–water partition coefficient (Wildman–Crippen LogP) is 3.67. The smallest absolute Gasteiger partial charge is 0.134 e. The van der Waals surface area contributed by atoms with Gasteiger partial charge >= 0.3 is 0 Å². The van der Waals surface area contributed by atoms with Gasteiger partial charge in [-0.25, -0.2) is 0 Å². The first-order valence-corrected chi connectivity index (χ1v) is 8.11. The van der Waals surface area contributed by atoms with Crippen LogP contribution >= 0.6 is 0 Å². The Morgan fingerprint density at radius 1 is 1.24 bits per heavy atom. The fourth-order valence-electron chi connectivity index (χ4n) is 3.33. The second-order valence-corrected chi connectivity index (χ2v) is 6.47. The van der Waals surface area contributed by atoms with Crippen LogP contribution in [0.3, 0.4) is 0 Å². The van der Waals surface area contributed by atoms with Crippen molar-refractivity contribution < 1.29 is 4.42 Å². The van der Waals surface area contributed by atoms with Crippen LogP contribution in [0.25, 0.3) is 11.0 Å². The molecule has 1 saturated heterocycles. The Balaban J connectivity index is 1.77. The average Bonchev–Trinajstić information content (AvgIpc) is 3.02. The number of para-hydroxylation sites is 1. The third-order valence-electron chi connectivity index (χ3n) is 4.74. The second kappa shape index (κ2) is 6.20. The lowest BCUT2D eigenvalue weighted by molar-refractivity contribution is 0.266. The molecule has 2 heterocycles. The lowest BCUT2D eigenvalue weighted by atomic mass is 10.0. The quantitative estimate of drug-likeness (QED) is 0.909. The van der Waals surface area contributed by atoms with Gasteiger partial charge in [0.2, 0.25) is 0 Å². The van der Waals surface area contributed by atoms with Gasteiger partial charge in [-0.15, -0.1) is 0 Å². The SMILES string of the molecule is CCNC(CN1CC(C)C(C)C1)c1cc2ccccc2o1. The first-order chi connectivity index (χ1) is 10.2. The fourth-order valence-corrected chi connectivity index (χ4v) is 3.33. The molecule has 0 radical (unpaired) electrons. The van der Waals surface area contributed by atoms with Gasteiger partial charge in [-0.05, 0) is 30.5 Å². The zero-order chi connectivity index (χ0) is 14.8. The van der Waals surface area contributed by atoms with Crippen LogP contribution in [0.15, 0.2) is 34.7 Å². The number of furan rings is 1. The van der Waals surface area contributed by atoms with Crippen LogP contribution in [0.5, 0.6) is 0 Å². The molecule has 1 aromatic carbocycles. The highest BCUT2D eigenvalue weighted by atomic mass is 16.3. The molecule has 1 fully saturated rings. The molecule has 3 unspecified atom stereocenters. The molecule has 1 aliphatic heterocycles. The molecule has 2 aromatic rings. The molecule has 114 valence electrons. The summed E-state index contributed by atoms with van der Waals surface area (Å²) in [6.07, 6.45) is 0.